The van der Waals surface area contributed by atoms with E-state index in [9.17, 15) is 34.7 Å². The van der Waals surface area contributed by atoms with Gasteiger partial charge in [-0.25, -0.2) is 0 Å². The highest BCUT2D eigenvalue weighted by Gasteiger charge is 2.45. The van der Waals surface area contributed by atoms with Crippen molar-refractivity contribution in [3.05, 3.63) is 80.4 Å². The monoisotopic (exact) mass is 429 g/mol. The minimum absolute atomic E-state index is 0.205. The molecule has 1 N–H and O–H groups in total. The molecule has 1 atom stereocenters. The molecule has 0 bridgehead atoms. The fourth-order valence-corrected chi connectivity index (χ4v) is 3.34. The van der Waals surface area contributed by atoms with Crippen molar-refractivity contribution in [3.8, 4) is 0 Å². The van der Waals surface area contributed by atoms with E-state index < -0.39 is 40.8 Å². The summed E-state index contributed by atoms with van der Waals surface area (Å²) >= 11 is 5.84. The summed E-state index contributed by atoms with van der Waals surface area (Å²) < 4.78 is 0. The number of carboxylic acid groups (broad SMARTS) is 1. The van der Waals surface area contributed by atoms with Crippen LogP contribution in [0, 0.1) is 10.1 Å². The summed E-state index contributed by atoms with van der Waals surface area (Å²) in [5.41, 5.74) is 0.0653. The summed E-state index contributed by atoms with van der Waals surface area (Å²) in [7, 11) is 0. The highest BCUT2D eigenvalue weighted by Crippen LogP contribution is 2.39. The van der Waals surface area contributed by atoms with Crippen molar-refractivity contribution in [2.75, 3.05) is 6.54 Å². The van der Waals surface area contributed by atoms with Gasteiger partial charge in [0.1, 0.15) is 5.76 Å². The summed E-state index contributed by atoms with van der Waals surface area (Å²) in [6.07, 6.45) is -0.530. The lowest BCUT2D eigenvalue weighted by atomic mass is 9.95. The van der Waals surface area contributed by atoms with E-state index in [0.717, 1.165) is 4.90 Å². The topological polar surface area (TPSA) is 141 Å². The average molecular weight is 430 g/mol. The molecular formula is C20H14ClN2O7-. The number of nitro groups is 1. The van der Waals surface area contributed by atoms with Crippen molar-refractivity contribution in [2.45, 2.75) is 12.5 Å². The summed E-state index contributed by atoms with van der Waals surface area (Å²) in [5.74, 6) is -3.87. The first-order valence-electron chi connectivity index (χ1n) is 8.69. The Labute approximate surface area is 175 Å². The second kappa shape index (κ2) is 8.34. The van der Waals surface area contributed by atoms with E-state index in [1.54, 1.807) is 0 Å². The number of benzene rings is 2. The molecule has 1 fully saturated rings. The van der Waals surface area contributed by atoms with Crippen molar-refractivity contribution in [1.82, 2.24) is 4.90 Å². The normalized spacial score (nSPS) is 17.9. The first-order valence-corrected chi connectivity index (χ1v) is 9.07. The lowest BCUT2D eigenvalue weighted by Gasteiger charge is -2.25. The number of likely N-dealkylation sites (tertiary alicyclic amines) is 1. The number of hydrogen-bond donors (Lipinski definition) is 1. The Balaban J connectivity index is 2.14. The molecule has 1 amide bonds. The molecule has 30 heavy (non-hydrogen) atoms. The smallest absolute Gasteiger partial charge is 0.295 e. The minimum atomic E-state index is -1.42. The van der Waals surface area contributed by atoms with E-state index in [4.69, 9.17) is 11.6 Å². The Kier molecular flexibility index (Phi) is 5.84. The molecule has 0 spiro atoms. The van der Waals surface area contributed by atoms with Gasteiger partial charge in [0.15, 0.2) is 0 Å². The van der Waals surface area contributed by atoms with E-state index in [2.05, 4.69) is 0 Å². The number of halogens is 1. The van der Waals surface area contributed by atoms with E-state index in [-0.39, 0.29) is 23.4 Å². The molecule has 0 unspecified atom stereocenters. The lowest BCUT2D eigenvalue weighted by Crippen LogP contribution is -2.34. The Morgan fingerprint density at radius 3 is 2.23 bits per heavy atom. The third-order valence-corrected chi connectivity index (χ3v) is 4.89. The lowest BCUT2D eigenvalue weighted by molar-refractivity contribution is -0.384. The van der Waals surface area contributed by atoms with Gasteiger partial charge >= 0.3 is 0 Å². The molecule has 0 aliphatic carbocycles. The fourth-order valence-electron chi connectivity index (χ4n) is 3.21. The average Bonchev–Trinajstić information content (AvgIpc) is 2.97. The van der Waals surface area contributed by atoms with Crippen LogP contribution in [0.15, 0.2) is 54.1 Å². The van der Waals surface area contributed by atoms with E-state index in [1.807, 2.05) is 0 Å². The van der Waals surface area contributed by atoms with Crippen LogP contribution in [0.2, 0.25) is 5.02 Å². The second-order valence-corrected chi connectivity index (χ2v) is 6.91. The fraction of sp³-hybridized carbons (Fsp3) is 0.150. The third-order valence-electron chi connectivity index (χ3n) is 4.63. The van der Waals surface area contributed by atoms with Crippen LogP contribution in [0.25, 0.3) is 5.76 Å². The van der Waals surface area contributed by atoms with Crippen LogP contribution in [0.3, 0.4) is 0 Å². The van der Waals surface area contributed by atoms with Crippen LogP contribution < -0.4 is 5.11 Å². The van der Waals surface area contributed by atoms with Gasteiger partial charge in [0, 0.05) is 41.7 Å². The van der Waals surface area contributed by atoms with Gasteiger partial charge in [-0.1, -0.05) is 11.6 Å². The quantitative estimate of drug-likeness (QED) is 0.242. The van der Waals surface area contributed by atoms with Gasteiger partial charge in [0.05, 0.1) is 16.5 Å². The Bertz CT molecular complexity index is 1060. The SMILES string of the molecule is O=C([O-])CCN1C(=O)C(=O)C(=C(O)c2ccc(Cl)cc2)[C@@H]1c1ccc([N+](=O)[O-])cc1. The number of non-ortho nitro benzene ring substituents is 1. The van der Waals surface area contributed by atoms with Crippen molar-refractivity contribution in [1.29, 1.82) is 0 Å². The zero-order chi connectivity index (χ0) is 22.0. The molecule has 1 aliphatic heterocycles. The van der Waals surface area contributed by atoms with E-state index in [0.29, 0.717) is 10.6 Å². The van der Waals surface area contributed by atoms with Crippen molar-refractivity contribution in [2.24, 2.45) is 0 Å². The van der Waals surface area contributed by atoms with Crippen molar-refractivity contribution >= 4 is 40.7 Å². The van der Waals surface area contributed by atoms with Crippen molar-refractivity contribution in [3.63, 3.8) is 0 Å². The van der Waals surface area contributed by atoms with Crippen LogP contribution in [-0.4, -0.2) is 39.1 Å². The van der Waals surface area contributed by atoms with Gasteiger partial charge in [-0.05, 0) is 42.0 Å². The number of rotatable bonds is 6. The minimum Gasteiger partial charge on any atom is -0.550 e. The number of aliphatic hydroxyl groups excluding tert-OH is 1. The number of carbonyl (C=O) groups excluding carboxylic acids is 3. The summed E-state index contributed by atoms with van der Waals surface area (Å²) in [4.78, 5) is 47.5. The maximum absolute atomic E-state index is 12.7. The number of carbonyl (C=O) groups is 3. The number of aliphatic hydroxyl groups is 1. The number of hydrogen-bond acceptors (Lipinski definition) is 7. The van der Waals surface area contributed by atoms with Crippen molar-refractivity contribution < 1.29 is 29.5 Å². The largest absolute Gasteiger partial charge is 0.550 e. The molecule has 154 valence electrons. The summed E-state index contributed by atoms with van der Waals surface area (Å²) in [5, 5.41) is 33.0. The number of carboxylic acids is 1. The Morgan fingerprint density at radius 1 is 1.10 bits per heavy atom. The van der Waals surface area contributed by atoms with Gasteiger partial charge < -0.3 is 19.9 Å². The summed E-state index contributed by atoms with van der Waals surface area (Å²) in [6.45, 7) is -0.341. The highest BCUT2D eigenvalue weighted by molar-refractivity contribution is 6.46. The maximum Gasteiger partial charge on any atom is 0.295 e. The third kappa shape index (κ3) is 4.01. The van der Waals surface area contributed by atoms with Crippen LogP contribution in [0.5, 0.6) is 0 Å². The Hall–Kier alpha value is -3.72. The number of nitro benzene ring substituents is 1. The standard InChI is InChI=1S/C20H15ClN2O7/c21-13-5-1-12(2-6-13)18(26)16-17(11-3-7-14(8-4-11)23(29)30)22(10-9-15(24)25)20(28)19(16)27/h1-8,17,26H,9-10H2,(H,24,25)/p-1/t17-/m0/s1. The number of ketones is 1. The molecular weight excluding hydrogens is 416 g/mol. The van der Waals surface area contributed by atoms with E-state index >= 15 is 0 Å². The highest BCUT2D eigenvalue weighted by atomic mass is 35.5. The van der Waals surface area contributed by atoms with E-state index in [1.165, 1.54) is 48.5 Å². The van der Waals surface area contributed by atoms with Gasteiger partial charge in [-0.15, -0.1) is 0 Å². The second-order valence-electron chi connectivity index (χ2n) is 6.47. The molecule has 0 aromatic heterocycles. The van der Waals surface area contributed by atoms with Gasteiger partial charge in [0.25, 0.3) is 17.4 Å². The molecule has 3 rings (SSSR count). The predicted octanol–water partition coefficient (Wildman–Crippen LogP) is 1.81. The van der Waals surface area contributed by atoms with Crippen LogP contribution >= 0.6 is 11.6 Å². The zero-order valence-corrected chi connectivity index (χ0v) is 16.0. The summed E-state index contributed by atoms with van der Waals surface area (Å²) in [6, 6.07) is 9.84. The molecule has 0 radical (unpaired) electrons. The predicted molar refractivity (Wildman–Crippen MR) is 103 cm³/mol. The maximum atomic E-state index is 12.7. The van der Waals surface area contributed by atoms with Gasteiger partial charge in [0.2, 0.25) is 0 Å². The van der Waals surface area contributed by atoms with Gasteiger partial charge in [-0.3, -0.25) is 19.7 Å². The number of nitrogens with zero attached hydrogens (tertiary/aromatic N) is 2. The first-order chi connectivity index (χ1) is 14.2. The number of Topliss-reactive ketones (excluding diaryl/α,β-unsaturated/α-hetero) is 1. The first kappa shape index (κ1) is 21.0. The molecule has 1 heterocycles. The van der Waals surface area contributed by atoms with Gasteiger partial charge in [-0.2, -0.15) is 0 Å². The molecule has 0 saturated carbocycles. The molecule has 10 heteroatoms. The van der Waals surface area contributed by atoms with Crippen LogP contribution in [0.1, 0.15) is 23.6 Å². The number of aliphatic carboxylic acids is 1. The van der Waals surface area contributed by atoms with Crippen LogP contribution in [-0.2, 0) is 14.4 Å². The Morgan fingerprint density at radius 2 is 1.70 bits per heavy atom. The zero-order valence-electron chi connectivity index (χ0n) is 15.3. The molecule has 2 aromatic rings. The molecule has 9 nitrogen and oxygen atoms in total. The molecule has 2 aromatic carbocycles. The number of amides is 1. The van der Waals surface area contributed by atoms with Crippen LogP contribution in [0.4, 0.5) is 5.69 Å². The molecule has 1 saturated heterocycles. The molecule has 1 aliphatic rings.